The third-order valence-corrected chi connectivity index (χ3v) is 4.14. The predicted molar refractivity (Wildman–Crippen MR) is 85.0 cm³/mol. The molecule has 1 aliphatic heterocycles. The van der Waals surface area contributed by atoms with E-state index in [1.54, 1.807) is 27.4 Å². The van der Waals surface area contributed by atoms with Gasteiger partial charge in [-0.15, -0.1) is 0 Å². The number of aliphatic hydroxyl groups excluding tert-OH is 1. The van der Waals surface area contributed by atoms with E-state index in [4.69, 9.17) is 18.9 Å². The van der Waals surface area contributed by atoms with E-state index in [9.17, 15) is 5.11 Å². The van der Waals surface area contributed by atoms with Crippen LogP contribution in [0.5, 0.6) is 17.2 Å². The number of hydrogen-bond donors (Lipinski definition) is 1. The molecule has 3 rings (SSSR count). The van der Waals surface area contributed by atoms with Crippen molar-refractivity contribution in [2.45, 2.75) is 18.8 Å². The van der Waals surface area contributed by atoms with Crippen molar-refractivity contribution in [1.29, 1.82) is 0 Å². The summed E-state index contributed by atoms with van der Waals surface area (Å²) in [5.41, 5.74) is 2.53. The molecule has 0 saturated heterocycles. The summed E-state index contributed by atoms with van der Waals surface area (Å²) in [4.78, 5) is 0. The van der Waals surface area contributed by atoms with Gasteiger partial charge in [0.2, 0.25) is 0 Å². The summed E-state index contributed by atoms with van der Waals surface area (Å²) in [5, 5.41) is 10.7. The Morgan fingerprint density at radius 3 is 2.30 bits per heavy atom. The Morgan fingerprint density at radius 2 is 1.70 bits per heavy atom. The Bertz CT molecular complexity index is 681. The monoisotopic (exact) mass is 316 g/mol. The van der Waals surface area contributed by atoms with Crippen LogP contribution < -0.4 is 14.2 Å². The molecular formula is C18H20O5. The van der Waals surface area contributed by atoms with Crippen molar-refractivity contribution in [1.82, 2.24) is 0 Å². The zero-order valence-corrected chi connectivity index (χ0v) is 13.4. The average Bonchev–Trinajstić information content (AvgIpc) is 2.61. The summed E-state index contributed by atoms with van der Waals surface area (Å²) in [6.45, 7) is 0.351. The fraction of sp³-hybridized carbons (Fsp3) is 0.333. The van der Waals surface area contributed by atoms with Gasteiger partial charge < -0.3 is 24.1 Å². The van der Waals surface area contributed by atoms with Crippen LogP contribution in [0, 0.1) is 0 Å². The minimum absolute atomic E-state index is 0.351. The van der Waals surface area contributed by atoms with Crippen LogP contribution in [0.15, 0.2) is 36.4 Å². The standard InChI is InChI=1S/C18H20O5/c1-20-12-6-4-11(5-7-12)17-16(19)13-8-9-15(21-2)18(22-3)14(13)10-23-17/h4-9,16-17,19H,10H2,1-3H3. The minimum atomic E-state index is -0.771. The highest BCUT2D eigenvalue weighted by Crippen LogP contribution is 2.45. The van der Waals surface area contributed by atoms with Gasteiger partial charge in [-0.1, -0.05) is 18.2 Å². The number of methoxy groups -OCH3 is 3. The Labute approximate surface area is 135 Å². The molecule has 5 heteroatoms. The molecule has 5 nitrogen and oxygen atoms in total. The number of benzene rings is 2. The molecule has 0 aliphatic carbocycles. The van der Waals surface area contributed by atoms with Crippen LogP contribution >= 0.6 is 0 Å². The molecule has 2 unspecified atom stereocenters. The lowest BCUT2D eigenvalue weighted by molar-refractivity contribution is -0.0664. The van der Waals surface area contributed by atoms with Gasteiger partial charge in [-0.25, -0.2) is 0 Å². The van der Waals surface area contributed by atoms with Crippen molar-refractivity contribution in [2.24, 2.45) is 0 Å². The summed E-state index contributed by atoms with van der Waals surface area (Å²) in [7, 11) is 4.79. The van der Waals surface area contributed by atoms with E-state index < -0.39 is 12.2 Å². The molecule has 0 saturated carbocycles. The van der Waals surface area contributed by atoms with E-state index in [0.29, 0.717) is 18.1 Å². The molecule has 0 fully saturated rings. The van der Waals surface area contributed by atoms with E-state index >= 15 is 0 Å². The average molecular weight is 316 g/mol. The van der Waals surface area contributed by atoms with Crippen LogP contribution in [-0.4, -0.2) is 26.4 Å². The predicted octanol–water partition coefficient (Wildman–Crippen LogP) is 3.02. The van der Waals surface area contributed by atoms with Crippen molar-refractivity contribution in [3.05, 3.63) is 53.1 Å². The normalized spacial score (nSPS) is 19.8. The van der Waals surface area contributed by atoms with E-state index in [1.165, 1.54) is 0 Å². The number of aliphatic hydroxyl groups is 1. The van der Waals surface area contributed by atoms with Crippen LogP contribution in [0.4, 0.5) is 0 Å². The number of ether oxygens (including phenoxy) is 4. The fourth-order valence-corrected chi connectivity index (χ4v) is 2.93. The Balaban J connectivity index is 1.95. The lowest BCUT2D eigenvalue weighted by Gasteiger charge is -2.32. The topological polar surface area (TPSA) is 57.2 Å². The van der Waals surface area contributed by atoms with Crippen molar-refractivity contribution < 1.29 is 24.1 Å². The maximum Gasteiger partial charge on any atom is 0.166 e. The van der Waals surface area contributed by atoms with Gasteiger partial charge in [0.05, 0.1) is 27.9 Å². The highest BCUT2D eigenvalue weighted by Gasteiger charge is 2.32. The van der Waals surface area contributed by atoms with E-state index in [-0.39, 0.29) is 0 Å². The van der Waals surface area contributed by atoms with Crippen molar-refractivity contribution in [3.8, 4) is 17.2 Å². The van der Waals surface area contributed by atoms with Crippen molar-refractivity contribution in [2.75, 3.05) is 21.3 Å². The molecule has 0 bridgehead atoms. The summed E-state index contributed by atoms with van der Waals surface area (Å²) in [5.74, 6) is 2.01. The summed E-state index contributed by atoms with van der Waals surface area (Å²) >= 11 is 0. The Kier molecular flexibility index (Phi) is 4.41. The van der Waals surface area contributed by atoms with E-state index in [1.807, 2.05) is 30.3 Å². The van der Waals surface area contributed by atoms with Gasteiger partial charge in [0.15, 0.2) is 11.5 Å². The van der Waals surface area contributed by atoms with Gasteiger partial charge in [-0.2, -0.15) is 0 Å². The second kappa shape index (κ2) is 6.48. The summed E-state index contributed by atoms with van der Waals surface area (Å²) in [6.07, 6.45) is -1.20. The van der Waals surface area contributed by atoms with Crippen LogP contribution in [0.1, 0.15) is 28.9 Å². The molecule has 0 amide bonds. The molecule has 2 aromatic carbocycles. The maximum absolute atomic E-state index is 10.7. The zero-order chi connectivity index (χ0) is 16.4. The zero-order valence-electron chi connectivity index (χ0n) is 13.4. The van der Waals surface area contributed by atoms with Gasteiger partial charge in [-0.3, -0.25) is 0 Å². The van der Waals surface area contributed by atoms with Crippen molar-refractivity contribution in [3.63, 3.8) is 0 Å². The Morgan fingerprint density at radius 1 is 0.957 bits per heavy atom. The molecule has 122 valence electrons. The Hall–Kier alpha value is -2.24. The molecule has 1 aliphatic rings. The lowest BCUT2D eigenvalue weighted by Crippen LogP contribution is -2.22. The first-order chi connectivity index (χ1) is 11.2. The van der Waals surface area contributed by atoms with Crippen molar-refractivity contribution >= 4 is 0 Å². The molecule has 2 atom stereocenters. The van der Waals surface area contributed by atoms with Gasteiger partial charge >= 0.3 is 0 Å². The van der Waals surface area contributed by atoms with E-state index in [0.717, 1.165) is 22.4 Å². The molecule has 2 aromatic rings. The molecule has 0 spiro atoms. The van der Waals surface area contributed by atoms with Gasteiger partial charge in [0.25, 0.3) is 0 Å². The molecule has 1 heterocycles. The third-order valence-electron chi connectivity index (χ3n) is 4.14. The molecule has 0 radical (unpaired) electrons. The van der Waals surface area contributed by atoms with Crippen LogP contribution in [0.25, 0.3) is 0 Å². The largest absolute Gasteiger partial charge is 0.497 e. The first kappa shape index (κ1) is 15.6. The third kappa shape index (κ3) is 2.73. The first-order valence-corrected chi connectivity index (χ1v) is 7.37. The smallest absolute Gasteiger partial charge is 0.166 e. The van der Waals surface area contributed by atoms with Gasteiger partial charge in [0.1, 0.15) is 18.0 Å². The number of rotatable bonds is 4. The second-order valence-corrected chi connectivity index (χ2v) is 5.32. The SMILES string of the molecule is COc1ccc(C2OCc3c(ccc(OC)c3OC)C2O)cc1. The van der Waals surface area contributed by atoms with Gasteiger partial charge in [0, 0.05) is 5.56 Å². The molecule has 0 aromatic heterocycles. The fourth-order valence-electron chi connectivity index (χ4n) is 2.93. The quantitative estimate of drug-likeness (QED) is 0.939. The summed E-state index contributed by atoms with van der Waals surface area (Å²) in [6, 6.07) is 11.2. The maximum atomic E-state index is 10.7. The van der Waals surface area contributed by atoms with Crippen LogP contribution in [0.2, 0.25) is 0 Å². The second-order valence-electron chi connectivity index (χ2n) is 5.32. The van der Waals surface area contributed by atoms with Crippen LogP contribution in [0.3, 0.4) is 0 Å². The first-order valence-electron chi connectivity index (χ1n) is 7.37. The highest BCUT2D eigenvalue weighted by atomic mass is 16.5. The highest BCUT2D eigenvalue weighted by molar-refractivity contribution is 5.52. The number of hydrogen-bond acceptors (Lipinski definition) is 5. The van der Waals surface area contributed by atoms with Crippen LogP contribution in [-0.2, 0) is 11.3 Å². The minimum Gasteiger partial charge on any atom is -0.497 e. The number of fused-ring (bicyclic) bond motifs is 1. The van der Waals surface area contributed by atoms with Gasteiger partial charge in [-0.05, 0) is 29.3 Å². The summed E-state index contributed by atoms with van der Waals surface area (Å²) < 4.78 is 21.8. The van der Waals surface area contributed by atoms with E-state index in [2.05, 4.69) is 0 Å². The molecule has 23 heavy (non-hydrogen) atoms. The molecule has 1 N–H and O–H groups in total. The molecular weight excluding hydrogens is 296 g/mol. The lowest BCUT2D eigenvalue weighted by atomic mass is 9.91.